The summed E-state index contributed by atoms with van der Waals surface area (Å²) >= 11 is 0. The number of carbonyl (C=O) groups excluding carboxylic acids is 3. The molecule has 4 amide bonds. The summed E-state index contributed by atoms with van der Waals surface area (Å²) in [6, 6.07) is -0.749. The molecule has 25 heavy (non-hydrogen) atoms. The second-order valence-electron chi connectivity index (χ2n) is 5.39. The fraction of sp³-hybridized carbons (Fsp3) is 0.267. The van der Waals surface area contributed by atoms with Gasteiger partial charge < -0.3 is 5.11 Å². The van der Waals surface area contributed by atoms with Crippen LogP contribution >= 0.6 is 0 Å². The van der Waals surface area contributed by atoms with Gasteiger partial charge in [-0.2, -0.15) is 0 Å². The van der Waals surface area contributed by atoms with Crippen LogP contribution in [0, 0.1) is 0 Å². The Balaban J connectivity index is 2.48. The number of rotatable bonds is 2. The highest BCUT2D eigenvalue weighted by Gasteiger charge is 2.37. The van der Waals surface area contributed by atoms with Crippen molar-refractivity contribution in [2.24, 2.45) is 14.1 Å². The van der Waals surface area contributed by atoms with Gasteiger partial charge in [-0.25, -0.2) is 9.59 Å². The van der Waals surface area contributed by atoms with Gasteiger partial charge in [-0.05, 0) is 12.2 Å². The largest absolute Gasteiger partial charge is 0.494 e. The van der Waals surface area contributed by atoms with Crippen molar-refractivity contribution in [3.8, 4) is 5.88 Å². The molecular weight excluding hydrogens is 332 g/mol. The van der Waals surface area contributed by atoms with Crippen molar-refractivity contribution in [2.75, 3.05) is 14.1 Å². The average molecular weight is 348 g/mol. The van der Waals surface area contributed by atoms with Gasteiger partial charge in [-0.3, -0.25) is 33.3 Å². The Kier molecular flexibility index (Phi) is 4.46. The van der Waals surface area contributed by atoms with E-state index in [1.54, 1.807) is 0 Å². The molecule has 0 atom stereocenters. The van der Waals surface area contributed by atoms with Crippen LogP contribution in [0.5, 0.6) is 5.88 Å². The topological polar surface area (TPSA) is 122 Å². The van der Waals surface area contributed by atoms with Crippen molar-refractivity contribution in [1.82, 2.24) is 18.9 Å². The van der Waals surface area contributed by atoms with Crippen molar-refractivity contribution in [1.29, 1.82) is 0 Å². The number of hydrogen-bond donors (Lipinski definition) is 1. The molecule has 1 aliphatic rings. The third kappa shape index (κ3) is 2.77. The molecule has 1 aromatic rings. The van der Waals surface area contributed by atoms with Gasteiger partial charge in [-0.1, -0.05) is 6.08 Å². The summed E-state index contributed by atoms with van der Waals surface area (Å²) < 4.78 is 1.69. The fourth-order valence-electron chi connectivity index (χ4n) is 2.24. The van der Waals surface area contributed by atoms with Crippen molar-refractivity contribution in [3.05, 3.63) is 44.1 Å². The van der Waals surface area contributed by atoms with Gasteiger partial charge in [0.1, 0.15) is 11.1 Å². The lowest BCUT2D eigenvalue weighted by atomic mass is 10.1. The quantitative estimate of drug-likeness (QED) is 0.528. The van der Waals surface area contributed by atoms with Crippen LogP contribution in [-0.4, -0.2) is 56.0 Å². The maximum atomic E-state index is 12.0. The van der Waals surface area contributed by atoms with Crippen LogP contribution in [-0.2, 0) is 23.7 Å². The van der Waals surface area contributed by atoms with Gasteiger partial charge in [0, 0.05) is 28.2 Å². The van der Waals surface area contributed by atoms with Gasteiger partial charge in [0.15, 0.2) is 0 Å². The number of amides is 4. The maximum Gasteiger partial charge on any atom is 0.333 e. The van der Waals surface area contributed by atoms with Crippen LogP contribution in [0.2, 0.25) is 0 Å². The standard InChI is InChI=1S/C15H16N4O6/c1-16-10(20)8(11(21)17(2)14(16)24)6-5-7-9-12(22)18(3)15(25)19(4)13(9)23/h5-7,20H,1-4H3. The number of barbiturate groups is 1. The summed E-state index contributed by atoms with van der Waals surface area (Å²) in [5, 5.41) is 9.93. The second kappa shape index (κ2) is 6.23. The number of aromatic nitrogens is 2. The third-order valence-electron chi connectivity index (χ3n) is 3.84. The van der Waals surface area contributed by atoms with E-state index in [4.69, 9.17) is 0 Å². The van der Waals surface area contributed by atoms with E-state index in [-0.39, 0.29) is 11.1 Å². The first-order valence-electron chi connectivity index (χ1n) is 7.07. The molecule has 1 N–H and O–H groups in total. The maximum absolute atomic E-state index is 12.0. The zero-order chi connectivity index (χ0) is 19.0. The first kappa shape index (κ1) is 17.9. The van der Waals surface area contributed by atoms with Gasteiger partial charge in [0.25, 0.3) is 17.4 Å². The Morgan fingerprint density at radius 3 is 1.88 bits per heavy atom. The molecule has 1 aliphatic heterocycles. The summed E-state index contributed by atoms with van der Waals surface area (Å²) in [6.07, 6.45) is 3.51. The van der Waals surface area contributed by atoms with Crippen LogP contribution in [0.15, 0.2) is 27.3 Å². The number of imide groups is 2. The number of allylic oxidation sites excluding steroid dienone is 2. The normalized spacial score (nSPS) is 15.5. The summed E-state index contributed by atoms with van der Waals surface area (Å²) in [4.78, 5) is 60.9. The van der Waals surface area contributed by atoms with E-state index in [0.29, 0.717) is 0 Å². The van der Waals surface area contributed by atoms with Crippen molar-refractivity contribution < 1.29 is 19.5 Å². The average Bonchev–Trinajstić information content (AvgIpc) is 2.60. The van der Waals surface area contributed by atoms with Crippen LogP contribution < -0.4 is 11.2 Å². The minimum Gasteiger partial charge on any atom is -0.494 e. The zero-order valence-corrected chi connectivity index (χ0v) is 14.0. The van der Waals surface area contributed by atoms with E-state index < -0.39 is 35.0 Å². The molecule has 0 aliphatic carbocycles. The Bertz CT molecular complexity index is 939. The van der Waals surface area contributed by atoms with Crippen LogP contribution in [0.4, 0.5) is 4.79 Å². The molecule has 0 aromatic carbocycles. The molecule has 10 heteroatoms. The monoisotopic (exact) mass is 348 g/mol. The minimum atomic E-state index is -0.782. The lowest BCUT2D eigenvalue weighted by Crippen LogP contribution is -2.52. The highest BCUT2D eigenvalue weighted by atomic mass is 16.3. The second-order valence-corrected chi connectivity index (χ2v) is 5.39. The number of aromatic hydroxyl groups is 1. The first-order valence-corrected chi connectivity index (χ1v) is 7.07. The number of urea groups is 1. The fourth-order valence-corrected chi connectivity index (χ4v) is 2.24. The summed E-state index contributed by atoms with van der Waals surface area (Å²) in [6.45, 7) is 0. The summed E-state index contributed by atoms with van der Waals surface area (Å²) in [5.74, 6) is -2.11. The van der Waals surface area contributed by atoms with E-state index in [9.17, 15) is 29.1 Å². The Hall–Kier alpha value is -3.43. The third-order valence-corrected chi connectivity index (χ3v) is 3.84. The Morgan fingerprint density at radius 1 is 0.840 bits per heavy atom. The summed E-state index contributed by atoms with van der Waals surface area (Å²) in [7, 11) is 5.01. The number of nitrogens with zero attached hydrogens (tertiary/aromatic N) is 4. The molecule has 1 saturated heterocycles. The molecule has 1 aromatic heterocycles. The molecule has 10 nitrogen and oxygen atoms in total. The first-order chi connectivity index (χ1) is 11.6. The molecule has 0 bridgehead atoms. The van der Waals surface area contributed by atoms with E-state index in [1.807, 2.05) is 0 Å². The number of likely N-dealkylation sites (N-methyl/N-ethyl adjacent to an activating group) is 2. The highest BCUT2D eigenvalue weighted by Crippen LogP contribution is 2.15. The predicted molar refractivity (Wildman–Crippen MR) is 86.6 cm³/mol. The van der Waals surface area contributed by atoms with Gasteiger partial charge in [0.05, 0.1) is 0 Å². The van der Waals surface area contributed by atoms with Crippen molar-refractivity contribution in [3.63, 3.8) is 0 Å². The van der Waals surface area contributed by atoms with Gasteiger partial charge >= 0.3 is 11.7 Å². The van der Waals surface area contributed by atoms with Crippen LogP contribution in [0.25, 0.3) is 6.08 Å². The lowest BCUT2D eigenvalue weighted by molar-refractivity contribution is -0.134. The lowest BCUT2D eigenvalue weighted by Gasteiger charge is -2.28. The van der Waals surface area contributed by atoms with Gasteiger partial charge in [-0.15, -0.1) is 0 Å². The SMILES string of the molecule is CN1C(=O)C(=CC=Cc2c(O)n(C)c(=O)n(C)c2=O)C(=O)N(C)C1=O. The molecular formula is C15H16N4O6. The van der Waals surface area contributed by atoms with Gasteiger partial charge in [0.2, 0.25) is 5.88 Å². The smallest absolute Gasteiger partial charge is 0.333 e. The molecule has 0 spiro atoms. The van der Waals surface area contributed by atoms with Crippen LogP contribution in [0.1, 0.15) is 5.56 Å². The van der Waals surface area contributed by atoms with Crippen molar-refractivity contribution >= 4 is 23.9 Å². The highest BCUT2D eigenvalue weighted by molar-refractivity contribution is 6.28. The molecule has 2 heterocycles. The van der Waals surface area contributed by atoms with Crippen molar-refractivity contribution in [2.45, 2.75) is 0 Å². The van der Waals surface area contributed by atoms with E-state index in [2.05, 4.69) is 0 Å². The van der Waals surface area contributed by atoms with E-state index >= 15 is 0 Å². The Labute approximate surface area is 141 Å². The summed E-state index contributed by atoms with van der Waals surface area (Å²) in [5.41, 5.74) is -1.89. The molecule has 2 rings (SSSR count). The number of hydrogen-bond acceptors (Lipinski definition) is 6. The molecule has 132 valence electrons. The molecule has 0 saturated carbocycles. The molecule has 0 radical (unpaired) electrons. The number of carbonyl (C=O) groups is 3. The Morgan fingerprint density at radius 2 is 1.36 bits per heavy atom. The van der Waals surface area contributed by atoms with E-state index in [1.165, 1.54) is 40.3 Å². The van der Waals surface area contributed by atoms with Crippen LogP contribution in [0.3, 0.4) is 0 Å². The minimum absolute atomic E-state index is 0.185. The van der Waals surface area contributed by atoms with E-state index in [0.717, 1.165) is 25.0 Å². The zero-order valence-electron chi connectivity index (χ0n) is 14.0. The predicted octanol–water partition coefficient (Wildman–Crippen LogP) is -1.22. The molecule has 1 fully saturated rings. The molecule has 0 unspecified atom stereocenters.